The SMILES string of the molecule is Cc1nn(-c2ccc(F)cc2)c(C)c1C(=O)NCC1CCCNC1. The number of benzene rings is 1. The van der Waals surface area contributed by atoms with Gasteiger partial charge in [0.15, 0.2) is 0 Å². The van der Waals surface area contributed by atoms with Crippen molar-refractivity contribution in [2.24, 2.45) is 5.92 Å². The summed E-state index contributed by atoms with van der Waals surface area (Å²) in [6.45, 7) is 6.37. The number of hydrogen-bond donors (Lipinski definition) is 2. The van der Waals surface area contributed by atoms with Crippen LogP contribution in [0.3, 0.4) is 0 Å². The zero-order valence-corrected chi connectivity index (χ0v) is 14.1. The fourth-order valence-electron chi connectivity index (χ4n) is 3.23. The lowest BCUT2D eigenvalue weighted by Gasteiger charge is -2.22. The van der Waals surface area contributed by atoms with Crippen LogP contribution in [0.4, 0.5) is 4.39 Å². The Kier molecular flexibility index (Phi) is 4.94. The second kappa shape index (κ2) is 7.13. The first-order valence-corrected chi connectivity index (χ1v) is 8.37. The van der Waals surface area contributed by atoms with Gasteiger partial charge in [0.1, 0.15) is 5.82 Å². The monoisotopic (exact) mass is 330 g/mol. The molecular formula is C18H23FN4O. The number of aromatic nitrogens is 2. The van der Waals surface area contributed by atoms with Crippen molar-refractivity contribution in [3.63, 3.8) is 0 Å². The van der Waals surface area contributed by atoms with Crippen molar-refractivity contribution in [2.75, 3.05) is 19.6 Å². The number of carbonyl (C=O) groups is 1. The molecule has 1 atom stereocenters. The number of rotatable bonds is 4. The van der Waals surface area contributed by atoms with Crippen molar-refractivity contribution in [2.45, 2.75) is 26.7 Å². The molecule has 1 aliphatic rings. The molecule has 24 heavy (non-hydrogen) atoms. The third-order valence-corrected chi connectivity index (χ3v) is 4.54. The van der Waals surface area contributed by atoms with E-state index in [1.807, 2.05) is 13.8 Å². The van der Waals surface area contributed by atoms with Crippen LogP contribution < -0.4 is 10.6 Å². The zero-order valence-electron chi connectivity index (χ0n) is 14.1. The summed E-state index contributed by atoms with van der Waals surface area (Å²) in [7, 11) is 0. The van der Waals surface area contributed by atoms with Crippen LogP contribution in [0.5, 0.6) is 0 Å². The summed E-state index contributed by atoms with van der Waals surface area (Å²) >= 11 is 0. The summed E-state index contributed by atoms with van der Waals surface area (Å²) in [5.74, 6) is 0.0960. The number of amides is 1. The van der Waals surface area contributed by atoms with Gasteiger partial charge in [-0.05, 0) is 70.0 Å². The summed E-state index contributed by atoms with van der Waals surface area (Å²) in [6.07, 6.45) is 2.29. The smallest absolute Gasteiger partial charge is 0.255 e. The van der Waals surface area contributed by atoms with Crippen LogP contribution in [-0.4, -0.2) is 35.3 Å². The molecule has 5 nitrogen and oxygen atoms in total. The molecule has 0 spiro atoms. The highest BCUT2D eigenvalue weighted by atomic mass is 19.1. The molecular weight excluding hydrogens is 307 g/mol. The molecule has 3 rings (SSSR count). The van der Waals surface area contributed by atoms with Gasteiger partial charge in [-0.1, -0.05) is 0 Å². The predicted molar refractivity (Wildman–Crippen MR) is 90.9 cm³/mol. The molecule has 2 heterocycles. The van der Waals surface area contributed by atoms with Crippen LogP contribution in [0.15, 0.2) is 24.3 Å². The average Bonchev–Trinajstić information content (AvgIpc) is 2.89. The van der Waals surface area contributed by atoms with E-state index in [0.29, 0.717) is 23.7 Å². The zero-order chi connectivity index (χ0) is 17.1. The van der Waals surface area contributed by atoms with E-state index in [1.54, 1.807) is 16.8 Å². The molecule has 1 aromatic heterocycles. The first-order chi connectivity index (χ1) is 11.6. The Morgan fingerprint density at radius 2 is 2.12 bits per heavy atom. The van der Waals surface area contributed by atoms with E-state index < -0.39 is 0 Å². The molecule has 1 aliphatic heterocycles. The highest BCUT2D eigenvalue weighted by molar-refractivity contribution is 5.96. The van der Waals surface area contributed by atoms with Gasteiger partial charge in [-0.3, -0.25) is 4.79 Å². The van der Waals surface area contributed by atoms with Crippen molar-refractivity contribution in [3.05, 3.63) is 47.0 Å². The maximum Gasteiger partial charge on any atom is 0.255 e. The Balaban J connectivity index is 1.75. The van der Waals surface area contributed by atoms with Crippen LogP contribution in [0.25, 0.3) is 5.69 Å². The Morgan fingerprint density at radius 3 is 2.79 bits per heavy atom. The van der Waals surface area contributed by atoms with Crippen LogP contribution in [0, 0.1) is 25.6 Å². The standard InChI is InChI=1S/C18H23FN4O/c1-12-17(18(24)21-11-14-4-3-9-20-10-14)13(2)23(22-12)16-7-5-15(19)6-8-16/h5-8,14,20H,3-4,9-11H2,1-2H3,(H,21,24). The lowest BCUT2D eigenvalue weighted by Crippen LogP contribution is -2.38. The maximum atomic E-state index is 13.1. The molecule has 0 bridgehead atoms. The summed E-state index contributed by atoms with van der Waals surface area (Å²) in [5, 5.41) is 10.8. The molecule has 0 aliphatic carbocycles. The number of halogens is 1. The molecule has 6 heteroatoms. The fourth-order valence-corrected chi connectivity index (χ4v) is 3.23. The minimum Gasteiger partial charge on any atom is -0.352 e. The molecule has 0 saturated carbocycles. The molecule has 1 saturated heterocycles. The van der Waals surface area contributed by atoms with Crippen LogP contribution in [0.1, 0.15) is 34.6 Å². The minimum atomic E-state index is -0.292. The number of nitrogens with zero attached hydrogens (tertiary/aromatic N) is 2. The van der Waals surface area contributed by atoms with Gasteiger partial charge in [0.2, 0.25) is 0 Å². The quantitative estimate of drug-likeness (QED) is 0.905. The Morgan fingerprint density at radius 1 is 1.38 bits per heavy atom. The average molecular weight is 330 g/mol. The molecule has 1 unspecified atom stereocenters. The first kappa shape index (κ1) is 16.6. The van der Waals surface area contributed by atoms with Crippen LogP contribution >= 0.6 is 0 Å². The van der Waals surface area contributed by atoms with E-state index in [-0.39, 0.29) is 11.7 Å². The van der Waals surface area contributed by atoms with E-state index >= 15 is 0 Å². The number of nitrogens with one attached hydrogen (secondary N) is 2. The number of aryl methyl sites for hydroxylation is 1. The highest BCUT2D eigenvalue weighted by Crippen LogP contribution is 2.18. The predicted octanol–water partition coefficient (Wildman–Crippen LogP) is 2.36. The van der Waals surface area contributed by atoms with Crippen molar-refractivity contribution in [3.8, 4) is 5.69 Å². The Bertz CT molecular complexity index is 717. The second-order valence-electron chi connectivity index (χ2n) is 6.36. The molecule has 0 radical (unpaired) electrons. The van der Waals surface area contributed by atoms with Crippen LogP contribution in [-0.2, 0) is 0 Å². The molecule has 1 aromatic carbocycles. The van der Waals surface area contributed by atoms with E-state index in [1.165, 1.54) is 12.1 Å². The summed E-state index contributed by atoms with van der Waals surface area (Å²) in [5.41, 5.74) is 2.78. The topological polar surface area (TPSA) is 59.0 Å². The van der Waals surface area contributed by atoms with Gasteiger partial charge in [0.25, 0.3) is 5.91 Å². The number of piperidine rings is 1. The molecule has 2 N–H and O–H groups in total. The Hall–Kier alpha value is -2.21. The van der Waals surface area contributed by atoms with Crippen molar-refractivity contribution >= 4 is 5.91 Å². The highest BCUT2D eigenvalue weighted by Gasteiger charge is 2.21. The molecule has 2 aromatic rings. The van der Waals surface area contributed by atoms with Gasteiger partial charge in [-0.25, -0.2) is 9.07 Å². The lowest BCUT2D eigenvalue weighted by atomic mass is 9.99. The van der Waals surface area contributed by atoms with Gasteiger partial charge in [-0.15, -0.1) is 0 Å². The Labute approximate surface area is 141 Å². The first-order valence-electron chi connectivity index (χ1n) is 8.37. The normalized spacial score (nSPS) is 17.7. The van der Waals surface area contributed by atoms with Gasteiger partial charge in [-0.2, -0.15) is 5.10 Å². The third kappa shape index (κ3) is 3.48. The van der Waals surface area contributed by atoms with Crippen molar-refractivity contribution in [1.82, 2.24) is 20.4 Å². The number of carbonyl (C=O) groups excluding carboxylic acids is 1. The van der Waals surface area contributed by atoms with Crippen molar-refractivity contribution < 1.29 is 9.18 Å². The van der Waals surface area contributed by atoms with Gasteiger partial charge in [0.05, 0.1) is 22.6 Å². The minimum absolute atomic E-state index is 0.0936. The van der Waals surface area contributed by atoms with Gasteiger partial charge < -0.3 is 10.6 Å². The molecule has 128 valence electrons. The fraction of sp³-hybridized carbons (Fsp3) is 0.444. The van der Waals surface area contributed by atoms with E-state index in [2.05, 4.69) is 15.7 Å². The van der Waals surface area contributed by atoms with Gasteiger partial charge >= 0.3 is 0 Å². The lowest BCUT2D eigenvalue weighted by molar-refractivity contribution is 0.0943. The summed E-state index contributed by atoms with van der Waals surface area (Å²) in [6, 6.07) is 6.09. The number of hydrogen-bond acceptors (Lipinski definition) is 3. The van der Waals surface area contributed by atoms with E-state index in [0.717, 1.165) is 37.3 Å². The maximum absolute atomic E-state index is 13.1. The van der Waals surface area contributed by atoms with Gasteiger partial charge in [0, 0.05) is 6.54 Å². The van der Waals surface area contributed by atoms with Crippen molar-refractivity contribution in [1.29, 1.82) is 0 Å². The van der Waals surface area contributed by atoms with E-state index in [9.17, 15) is 9.18 Å². The largest absolute Gasteiger partial charge is 0.352 e. The van der Waals surface area contributed by atoms with E-state index in [4.69, 9.17) is 0 Å². The third-order valence-electron chi connectivity index (χ3n) is 4.54. The summed E-state index contributed by atoms with van der Waals surface area (Å²) in [4.78, 5) is 12.6. The van der Waals surface area contributed by atoms with Crippen LogP contribution in [0.2, 0.25) is 0 Å². The molecule has 1 amide bonds. The summed E-state index contributed by atoms with van der Waals surface area (Å²) < 4.78 is 14.8. The second-order valence-corrected chi connectivity index (χ2v) is 6.36. The molecule has 1 fully saturated rings.